The van der Waals surface area contributed by atoms with E-state index in [1.165, 1.54) is 0 Å². The molecule has 144 valence electrons. The van der Waals surface area contributed by atoms with Gasteiger partial charge in [0.1, 0.15) is 17.1 Å². The van der Waals surface area contributed by atoms with Crippen LogP contribution in [0.1, 0.15) is 25.3 Å². The van der Waals surface area contributed by atoms with Gasteiger partial charge in [-0.3, -0.25) is 14.5 Å². The smallest absolute Gasteiger partial charge is 0.264 e. The summed E-state index contributed by atoms with van der Waals surface area (Å²) in [5.41, 5.74) is 2.78. The Morgan fingerprint density at radius 2 is 2.04 bits per heavy atom. The van der Waals surface area contributed by atoms with Crippen LogP contribution >= 0.6 is 0 Å². The number of rotatable bonds is 6. The van der Waals surface area contributed by atoms with Crippen LogP contribution in [-0.4, -0.2) is 54.4 Å². The van der Waals surface area contributed by atoms with E-state index in [9.17, 15) is 13.7 Å². The predicted octanol–water partition coefficient (Wildman–Crippen LogP) is 1.58. The summed E-state index contributed by atoms with van der Waals surface area (Å²) < 4.78 is 30.5. The maximum absolute atomic E-state index is 10.8. The molecule has 1 fully saturated rings. The van der Waals surface area contributed by atoms with Crippen molar-refractivity contribution >= 4 is 26.8 Å². The number of benzene rings is 1. The molecule has 0 radical (unpaired) electrons. The fourth-order valence-corrected chi connectivity index (χ4v) is 4.15. The highest BCUT2D eigenvalue weighted by Gasteiger charge is 2.26. The number of nitrogens with one attached hydrogen (secondary N) is 1. The van der Waals surface area contributed by atoms with E-state index in [2.05, 4.69) is 33.2 Å². The van der Waals surface area contributed by atoms with Gasteiger partial charge in [0.25, 0.3) is 10.1 Å². The Morgan fingerprint density at radius 1 is 1.30 bits per heavy atom. The number of fused-ring (bicyclic) bond motifs is 1. The Bertz CT molecular complexity index is 957. The van der Waals surface area contributed by atoms with Crippen LogP contribution in [0.2, 0.25) is 0 Å². The van der Waals surface area contributed by atoms with Gasteiger partial charge in [-0.05, 0) is 37.4 Å². The molecule has 1 aromatic carbocycles. The maximum atomic E-state index is 10.8. The van der Waals surface area contributed by atoms with Crippen LogP contribution in [0.25, 0.3) is 11.0 Å². The molecule has 0 saturated carbocycles. The third kappa shape index (κ3) is 4.91. The first-order chi connectivity index (χ1) is 12.9. The topological polar surface area (TPSA) is 119 Å². The molecule has 2 N–H and O–H groups in total. The Hall–Kier alpha value is -2.28. The van der Waals surface area contributed by atoms with Crippen molar-refractivity contribution in [2.45, 2.75) is 25.8 Å². The zero-order valence-corrected chi connectivity index (χ0v) is 16.0. The lowest BCUT2D eigenvalue weighted by molar-refractivity contribution is 0.351. The van der Waals surface area contributed by atoms with E-state index in [-0.39, 0.29) is 11.8 Å². The van der Waals surface area contributed by atoms with Gasteiger partial charge < -0.3 is 10.2 Å². The molecule has 0 aliphatic carbocycles. The van der Waals surface area contributed by atoms with Crippen LogP contribution in [0, 0.1) is 17.2 Å². The molecule has 1 aliphatic rings. The molecule has 9 heteroatoms. The van der Waals surface area contributed by atoms with Crippen molar-refractivity contribution < 1.29 is 13.0 Å². The standard InChI is InChI=1S/C18H23N5O3S/c1-13-9-15(20-5-2-8-27(24,25)26)12-23(11-13)16-4-3-14(10-19)17-18(16)22-7-6-21-17/h3-4,6-7,13,15,20H,2,5,8-9,11-12H2,1H3,(H,24,25,26)/t13-,15+/m1/s1. The van der Waals surface area contributed by atoms with E-state index in [0.29, 0.717) is 30.0 Å². The summed E-state index contributed by atoms with van der Waals surface area (Å²) in [6, 6.07) is 6.06. The summed E-state index contributed by atoms with van der Waals surface area (Å²) in [7, 11) is -3.91. The quantitative estimate of drug-likeness (QED) is 0.564. The molecule has 0 bridgehead atoms. The zero-order valence-electron chi connectivity index (χ0n) is 15.2. The van der Waals surface area contributed by atoms with Gasteiger partial charge in [-0.15, -0.1) is 0 Å². The first kappa shape index (κ1) is 19.5. The highest BCUT2D eigenvalue weighted by atomic mass is 32.2. The monoisotopic (exact) mass is 389 g/mol. The van der Waals surface area contributed by atoms with E-state index < -0.39 is 10.1 Å². The van der Waals surface area contributed by atoms with E-state index in [1.54, 1.807) is 18.5 Å². The van der Waals surface area contributed by atoms with Crippen LogP contribution in [0.15, 0.2) is 24.5 Å². The van der Waals surface area contributed by atoms with Crippen molar-refractivity contribution in [3.63, 3.8) is 0 Å². The number of nitrogens with zero attached hydrogens (tertiary/aromatic N) is 4. The van der Waals surface area contributed by atoms with E-state index in [0.717, 1.165) is 30.7 Å². The lowest BCUT2D eigenvalue weighted by Gasteiger charge is -2.38. The van der Waals surface area contributed by atoms with Gasteiger partial charge in [-0.2, -0.15) is 13.7 Å². The third-order valence-electron chi connectivity index (χ3n) is 4.74. The number of piperidine rings is 1. The Balaban J connectivity index is 1.75. The number of hydrogen-bond acceptors (Lipinski definition) is 7. The van der Waals surface area contributed by atoms with Crippen LogP contribution in [0.4, 0.5) is 5.69 Å². The minimum Gasteiger partial charge on any atom is -0.368 e. The maximum Gasteiger partial charge on any atom is 0.264 e. The SMILES string of the molecule is C[C@@H]1C[C@H](NCCCS(=O)(=O)O)CN(c2ccc(C#N)c3nccnc23)C1. The summed E-state index contributed by atoms with van der Waals surface area (Å²) in [6.07, 6.45) is 4.58. The highest BCUT2D eigenvalue weighted by molar-refractivity contribution is 7.85. The fraction of sp³-hybridized carbons (Fsp3) is 0.500. The van der Waals surface area contributed by atoms with Crippen molar-refractivity contribution in [3.05, 3.63) is 30.1 Å². The second-order valence-electron chi connectivity index (χ2n) is 7.03. The Labute approximate surface area is 159 Å². The third-order valence-corrected chi connectivity index (χ3v) is 5.54. The van der Waals surface area contributed by atoms with Gasteiger partial charge in [-0.1, -0.05) is 6.92 Å². The fourth-order valence-electron chi connectivity index (χ4n) is 3.65. The molecule has 8 nitrogen and oxygen atoms in total. The van der Waals surface area contributed by atoms with Crippen molar-refractivity contribution in [2.75, 3.05) is 30.3 Å². The summed E-state index contributed by atoms with van der Waals surface area (Å²) in [5, 5.41) is 12.7. The molecule has 27 heavy (non-hydrogen) atoms. The normalized spacial score (nSPS) is 20.6. The average Bonchev–Trinajstić information content (AvgIpc) is 2.63. The molecule has 2 aromatic rings. The number of anilines is 1. The minimum absolute atomic E-state index is 0.206. The van der Waals surface area contributed by atoms with E-state index in [1.807, 2.05) is 6.07 Å². The molecule has 2 atom stereocenters. The predicted molar refractivity (Wildman–Crippen MR) is 103 cm³/mol. The minimum atomic E-state index is -3.91. The van der Waals surface area contributed by atoms with Crippen molar-refractivity contribution in [1.29, 1.82) is 5.26 Å². The van der Waals surface area contributed by atoms with Gasteiger partial charge in [0, 0.05) is 31.5 Å². The molecule has 0 amide bonds. The first-order valence-corrected chi connectivity index (χ1v) is 10.6. The molecule has 1 saturated heterocycles. The molecular formula is C18H23N5O3S. The van der Waals surface area contributed by atoms with Crippen LogP contribution < -0.4 is 10.2 Å². The average molecular weight is 389 g/mol. The Kier molecular flexibility index (Phi) is 5.89. The summed E-state index contributed by atoms with van der Waals surface area (Å²) in [4.78, 5) is 11.0. The second kappa shape index (κ2) is 8.17. The zero-order chi connectivity index (χ0) is 19.4. The van der Waals surface area contributed by atoms with Crippen LogP contribution in [-0.2, 0) is 10.1 Å². The highest BCUT2D eigenvalue weighted by Crippen LogP contribution is 2.30. The molecule has 3 rings (SSSR count). The first-order valence-electron chi connectivity index (χ1n) is 8.94. The summed E-state index contributed by atoms with van der Waals surface area (Å²) in [5.74, 6) is 0.210. The lowest BCUT2D eigenvalue weighted by atomic mass is 9.95. The Morgan fingerprint density at radius 3 is 2.74 bits per heavy atom. The van der Waals surface area contributed by atoms with E-state index >= 15 is 0 Å². The molecule has 1 aromatic heterocycles. The number of nitriles is 1. The van der Waals surface area contributed by atoms with Gasteiger partial charge >= 0.3 is 0 Å². The van der Waals surface area contributed by atoms with Crippen LogP contribution in [0.5, 0.6) is 0 Å². The van der Waals surface area contributed by atoms with E-state index in [4.69, 9.17) is 4.55 Å². The number of hydrogen-bond donors (Lipinski definition) is 2. The van der Waals surface area contributed by atoms with Crippen molar-refractivity contribution in [2.24, 2.45) is 5.92 Å². The summed E-state index contributed by atoms with van der Waals surface area (Å²) >= 11 is 0. The summed E-state index contributed by atoms with van der Waals surface area (Å²) in [6.45, 7) is 4.34. The van der Waals surface area contributed by atoms with Gasteiger partial charge in [0.15, 0.2) is 0 Å². The van der Waals surface area contributed by atoms with Crippen molar-refractivity contribution in [1.82, 2.24) is 15.3 Å². The second-order valence-corrected chi connectivity index (χ2v) is 8.61. The van der Waals surface area contributed by atoms with Crippen molar-refractivity contribution in [3.8, 4) is 6.07 Å². The molecule has 0 spiro atoms. The van der Waals surface area contributed by atoms with Gasteiger partial charge in [0.2, 0.25) is 0 Å². The lowest BCUT2D eigenvalue weighted by Crippen LogP contribution is -2.49. The molecule has 0 unspecified atom stereocenters. The number of aromatic nitrogens is 2. The largest absolute Gasteiger partial charge is 0.368 e. The van der Waals surface area contributed by atoms with Crippen LogP contribution in [0.3, 0.4) is 0 Å². The molecule has 2 heterocycles. The molecular weight excluding hydrogens is 366 g/mol. The van der Waals surface area contributed by atoms with Gasteiger partial charge in [0.05, 0.1) is 17.0 Å². The van der Waals surface area contributed by atoms with Gasteiger partial charge in [-0.25, -0.2) is 0 Å². The molecule has 1 aliphatic heterocycles.